The Morgan fingerprint density at radius 1 is 1.08 bits per heavy atom. The molecule has 2 amide bonds. The van der Waals surface area contributed by atoms with Crippen molar-refractivity contribution < 1.29 is 18.7 Å². The van der Waals surface area contributed by atoms with Gasteiger partial charge in [-0.05, 0) is 35.4 Å². The number of hydrogen-bond donors (Lipinski definition) is 1. The number of nitrogens with zero attached hydrogens (tertiary/aromatic N) is 1. The van der Waals surface area contributed by atoms with Crippen LogP contribution < -0.4 is 10.1 Å². The van der Waals surface area contributed by atoms with Gasteiger partial charge in [-0.2, -0.15) is 0 Å². The van der Waals surface area contributed by atoms with E-state index in [2.05, 4.69) is 5.32 Å². The summed E-state index contributed by atoms with van der Waals surface area (Å²) in [6.45, 7) is 0.341. The molecule has 0 spiro atoms. The molecule has 0 aliphatic carbocycles. The molecule has 0 aliphatic rings. The molecular formula is C19H21FN2O3. The Morgan fingerprint density at radius 3 is 2.28 bits per heavy atom. The van der Waals surface area contributed by atoms with Gasteiger partial charge in [0, 0.05) is 26.2 Å². The second-order valence-corrected chi connectivity index (χ2v) is 5.82. The van der Waals surface area contributed by atoms with E-state index in [0.29, 0.717) is 17.7 Å². The van der Waals surface area contributed by atoms with Gasteiger partial charge in [-0.3, -0.25) is 9.59 Å². The fourth-order valence-electron chi connectivity index (χ4n) is 2.29. The monoisotopic (exact) mass is 344 g/mol. The van der Waals surface area contributed by atoms with Crippen LogP contribution in [0.15, 0.2) is 42.5 Å². The largest absolute Gasteiger partial charge is 0.494 e. The molecule has 0 atom stereocenters. The van der Waals surface area contributed by atoms with E-state index in [9.17, 15) is 14.0 Å². The molecule has 0 aliphatic heterocycles. The summed E-state index contributed by atoms with van der Waals surface area (Å²) in [4.78, 5) is 25.3. The van der Waals surface area contributed by atoms with Gasteiger partial charge in [0.2, 0.25) is 5.91 Å². The van der Waals surface area contributed by atoms with Crippen LogP contribution in [0.5, 0.6) is 5.75 Å². The highest BCUT2D eigenvalue weighted by Gasteiger charge is 2.09. The molecular weight excluding hydrogens is 323 g/mol. The molecule has 0 saturated carbocycles. The Bertz CT molecular complexity index is 758. The summed E-state index contributed by atoms with van der Waals surface area (Å²) in [6.07, 6.45) is 0.0815. The topological polar surface area (TPSA) is 58.6 Å². The molecule has 25 heavy (non-hydrogen) atoms. The molecule has 2 aromatic rings. The molecule has 0 unspecified atom stereocenters. The van der Waals surface area contributed by atoms with E-state index in [1.165, 1.54) is 24.1 Å². The molecule has 1 N–H and O–H groups in total. The lowest BCUT2D eigenvalue weighted by Gasteiger charge is -2.11. The van der Waals surface area contributed by atoms with Crippen LogP contribution in [0.3, 0.4) is 0 Å². The first-order chi connectivity index (χ1) is 11.9. The molecule has 5 nitrogen and oxygen atoms in total. The zero-order chi connectivity index (χ0) is 18.4. The third-order valence-electron chi connectivity index (χ3n) is 3.68. The molecule has 0 heterocycles. The summed E-state index contributed by atoms with van der Waals surface area (Å²) in [5, 5.41) is 2.78. The number of halogens is 1. The molecule has 2 aromatic carbocycles. The summed E-state index contributed by atoms with van der Waals surface area (Å²) in [5.41, 5.74) is 2.04. The van der Waals surface area contributed by atoms with Crippen LogP contribution in [0.1, 0.15) is 21.5 Å². The predicted molar refractivity (Wildman–Crippen MR) is 93.0 cm³/mol. The van der Waals surface area contributed by atoms with Crippen molar-refractivity contribution in [1.29, 1.82) is 0 Å². The van der Waals surface area contributed by atoms with Crippen molar-refractivity contribution in [1.82, 2.24) is 10.2 Å². The molecule has 0 saturated heterocycles. The summed E-state index contributed by atoms with van der Waals surface area (Å²) in [5.74, 6) is -0.624. The quantitative estimate of drug-likeness (QED) is 0.875. The van der Waals surface area contributed by atoms with E-state index in [0.717, 1.165) is 5.56 Å². The molecule has 6 heteroatoms. The first-order valence-electron chi connectivity index (χ1n) is 7.80. The summed E-state index contributed by atoms with van der Waals surface area (Å²) < 4.78 is 18.5. The van der Waals surface area contributed by atoms with Crippen LogP contribution in [0.25, 0.3) is 0 Å². The minimum atomic E-state index is -0.492. The van der Waals surface area contributed by atoms with E-state index >= 15 is 0 Å². The number of benzene rings is 2. The Balaban J connectivity index is 1.89. The molecule has 0 radical (unpaired) electrons. The third-order valence-corrected chi connectivity index (χ3v) is 3.68. The Kier molecular flexibility index (Phi) is 6.11. The Morgan fingerprint density at radius 2 is 1.72 bits per heavy atom. The van der Waals surface area contributed by atoms with Crippen molar-refractivity contribution in [3.63, 3.8) is 0 Å². The van der Waals surface area contributed by atoms with Crippen LogP contribution >= 0.6 is 0 Å². The highest BCUT2D eigenvalue weighted by Crippen LogP contribution is 2.18. The van der Waals surface area contributed by atoms with Crippen molar-refractivity contribution in [2.45, 2.75) is 13.0 Å². The molecule has 132 valence electrons. The van der Waals surface area contributed by atoms with Gasteiger partial charge < -0.3 is 15.0 Å². The second kappa shape index (κ2) is 8.28. The van der Waals surface area contributed by atoms with Gasteiger partial charge in [-0.25, -0.2) is 4.39 Å². The standard InChI is InChI=1S/C19H21FN2O3/c1-22(2)19(24)15-7-4-13(5-8-15)12-21-18(23)11-14-6-9-17(25-3)16(20)10-14/h4-10H,11-12H2,1-3H3,(H,21,23). The average Bonchev–Trinajstić information content (AvgIpc) is 2.60. The van der Waals surface area contributed by atoms with Crippen LogP contribution in [0, 0.1) is 5.82 Å². The lowest BCUT2D eigenvalue weighted by Crippen LogP contribution is -2.25. The molecule has 0 bridgehead atoms. The smallest absolute Gasteiger partial charge is 0.253 e. The summed E-state index contributed by atoms with van der Waals surface area (Å²) in [7, 11) is 4.78. The number of carbonyl (C=O) groups is 2. The first kappa shape index (κ1) is 18.4. The van der Waals surface area contributed by atoms with Gasteiger partial charge in [0.1, 0.15) is 0 Å². The van der Waals surface area contributed by atoms with Gasteiger partial charge in [0.25, 0.3) is 5.91 Å². The minimum Gasteiger partial charge on any atom is -0.494 e. The Labute approximate surface area is 146 Å². The number of hydrogen-bond acceptors (Lipinski definition) is 3. The number of methoxy groups -OCH3 is 1. The minimum absolute atomic E-state index is 0.0721. The third kappa shape index (κ3) is 5.04. The van der Waals surface area contributed by atoms with Crippen LogP contribution in [-0.2, 0) is 17.8 Å². The van der Waals surface area contributed by atoms with Crippen LogP contribution in [0.2, 0.25) is 0 Å². The maximum Gasteiger partial charge on any atom is 0.253 e. The fraction of sp³-hybridized carbons (Fsp3) is 0.263. The van der Waals surface area contributed by atoms with Gasteiger partial charge in [0.05, 0.1) is 13.5 Å². The normalized spacial score (nSPS) is 10.2. The number of nitrogens with one attached hydrogen (secondary N) is 1. The second-order valence-electron chi connectivity index (χ2n) is 5.82. The fourth-order valence-corrected chi connectivity index (χ4v) is 2.29. The van der Waals surface area contributed by atoms with Gasteiger partial charge in [-0.15, -0.1) is 0 Å². The Hall–Kier alpha value is -2.89. The molecule has 0 fully saturated rings. The van der Waals surface area contributed by atoms with Gasteiger partial charge in [-0.1, -0.05) is 18.2 Å². The maximum atomic E-state index is 13.6. The van der Waals surface area contributed by atoms with Crippen molar-refractivity contribution >= 4 is 11.8 Å². The highest BCUT2D eigenvalue weighted by molar-refractivity contribution is 5.93. The van der Waals surface area contributed by atoms with Gasteiger partial charge >= 0.3 is 0 Å². The van der Waals surface area contributed by atoms with Crippen LogP contribution in [-0.4, -0.2) is 37.9 Å². The summed E-state index contributed by atoms with van der Waals surface area (Å²) in [6, 6.07) is 11.5. The number of carbonyl (C=O) groups excluding carboxylic acids is 2. The average molecular weight is 344 g/mol. The van der Waals surface area contributed by atoms with E-state index in [1.54, 1.807) is 44.4 Å². The van der Waals surface area contributed by atoms with Crippen molar-refractivity contribution in [2.75, 3.05) is 21.2 Å². The van der Waals surface area contributed by atoms with Crippen LogP contribution in [0.4, 0.5) is 4.39 Å². The van der Waals surface area contributed by atoms with E-state index in [4.69, 9.17) is 4.74 Å². The highest BCUT2D eigenvalue weighted by atomic mass is 19.1. The van der Waals surface area contributed by atoms with Crippen molar-refractivity contribution in [3.8, 4) is 5.75 Å². The number of amides is 2. The van der Waals surface area contributed by atoms with Crippen molar-refractivity contribution in [3.05, 3.63) is 65.0 Å². The van der Waals surface area contributed by atoms with Gasteiger partial charge in [0.15, 0.2) is 11.6 Å². The number of rotatable bonds is 6. The van der Waals surface area contributed by atoms with E-state index in [1.807, 2.05) is 0 Å². The zero-order valence-electron chi connectivity index (χ0n) is 14.5. The predicted octanol–water partition coefficient (Wildman–Crippen LogP) is 2.40. The first-order valence-corrected chi connectivity index (χ1v) is 7.80. The molecule has 2 rings (SSSR count). The van der Waals surface area contributed by atoms with Crippen molar-refractivity contribution in [2.24, 2.45) is 0 Å². The zero-order valence-corrected chi connectivity index (χ0v) is 14.5. The van der Waals surface area contributed by atoms with E-state index in [-0.39, 0.29) is 24.0 Å². The maximum absolute atomic E-state index is 13.6. The lowest BCUT2D eigenvalue weighted by atomic mass is 10.1. The SMILES string of the molecule is COc1ccc(CC(=O)NCc2ccc(C(=O)N(C)C)cc2)cc1F. The lowest BCUT2D eigenvalue weighted by molar-refractivity contribution is -0.120. The summed E-state index contributed by atoms with van der Waals surface area (Å²) >= 11 is 0. The van der Waals surface area contributed by atoms with E-state index < -0.39 is 5.82 Å². The number of ether oxygens (including phenoxy) is 1. The molecule has 0 aromatic heterocycles.